The Kier molecular flexibility index (Phi) is 7.87. The minimum Gasteiger partial charge on any atom is -0.208 e. The van der Waals surface area contributed by atoms with Crippen LogP contribution in [0.3, 0.4) is 0 Å². The molecule has 0 aliphatic carbocycles. The fourth-order valence-electron chi connectivity index (χ4n) is 7.77. The molecule has 5 heteroatoms. The van der Waals surface area contributed by atoms with Gasteiger partial charge in [0.25, 0.3) is 0 Å². The predicted octanol–water partition coefficient (Wildman–Crippen LogP) is 14.6. The highest BCUT2D eigenvalue weighted by Crippen LogP contribution is 2.42. The molecule has 0 atom stereocenters. The van der Waals surface area contributed by atoms with Crippen molar-refractivity contribution >= 4 is 63.0 Å². The Bertz CT molecular complexity index is 3240. The lowest BCUT2D eigenvalue weighted by molar-refractivity contribution is 1.07. The van der Waals surface area contributed by atoms with Gasteiger partial charge in [0, 0.05) is 57.0 Å². The molecule has 0 bridgehead atoms. The molecule has 3 aromatic heterocycles. The number of hydrogen-bond acceptors (Lipinski definition) is 5. The number of fused-ring (bicyclic) bond motifs is 6. The Morgan fingerprint density at radius 3 is 1.50 bits per heavy atom. The molecule has 11 rings (SSSR count). The van der Waals surface area contributed by atoms with Crippen molar-refractivity contribution in [1.82, 2.24) is 15.0 Å². The Morgan fingerprint density at radius 1 is 0.268 bits per heavy atom. The van der Waals surface area contributed by atoms with E-state index < -0.39 is 0 Å². The van der Waals surface area contributed by atoms with E-state index in [2.05, 4.69) is 170 Å². The zero-order valence-corrected chi connectivity index (χ0v) is 31.7. The molecule has 3 heterocycles. The molecule has 0 saturated heterocycles. The highest BCUT2D eigenvalue weighted by Gasteiger charge is 2.16. The zero-order chi connectivity index (χ0) is 37.0. The first-order valence-corrected chi connectivity index (χ1v) is 20.3. The summed E-state index contributed by atoms with van der Waals surface area (Å²) in [5.74, 6) is 1.97. The summed E-state index contributed by atoms with van der Waals surface area (Å²) >= 11 is 3.66. The second-order valence-electron chi connectivity index (χ2n) is 14.0. The standard InChI is InChI=1S/C51H31N3S2/c1-3-11-32(12-4-1)36-15-9-16-37(29-36)38-25-27-46-43(30-38)48-40(18-10-20-47(48)56-46)33-21-23-35(24-22-33)50-52-49(34-13-5-2-6-14-34)53-51(54-50)39-26-28-45-42(31-39)41-17-7-8-19-44(41)55-45/h1-31H. The third kappa shape index (κ3) is 5.77. The molecule has 262 valence electrons. The highest BCUT2D eigenvalue weighted by atomic mass is 32.1. The average Bonchev–Trinajstić information content (AvgIpc) is 3.85. The second-order valence-corrected chi connectivity index (χ2v) is 16.2. The van der Waals surface area contributed by atoms with E-state index in [1.165, 1.54) is 68.2 Å². The molecule has 56 heavy (non-hydrogen) atoms. The van der Waals surface area contributed by atoms with E-state index >= 15 is 0 Å². The zero-order valence-electron chi connectivity index (χ0n) is 30.1. The van der Waals surface area contributed by atoms with E-state index in [0.29, 0.717) is 17.5 Å². The van der Waals surface area contributed by atoms with Crippen molar-refractivity contribution < 1.29 is 0 Å². The van der Waals surface area contributed by atoms with Crippen molar-refractivity contribution in [3.63, 3.8) is 0 Å². The van der Waals surface area contributed by atoms with Crippen molar-refractivity contribution in [3.05, 3.63) is 188 Å². The fraction of sp³-hybridized carbons (Fsp3) is 0. The normalized spacial score (nSPS) is 11.6. The van der Waals surface area contributed by atoms with Gasteiger partial charge in [-0.15, -0.1) is 22.7 Å². The van der Waals surface area contributed by atoms with E-state index in [1.807, 2.05) is 40.9 Å². The van der Waals surface area contributed by atoms with Crippen LogP contribution in [0.15, 0.2) is 188 Å². The molecule has 0 aliphatic rings. The van der Waals surface area contributed by atoms with Crippen LogP contribution in [-0.4, -0.2) is 15.0 Å². The molecule has 8 aromatic carbocycles. The van der Waals surface area contributed by atoms with Gasteiger partial charge in [-0.05, 0) is 81.9 Å². The maximum atomic E-state index is 5.10. The SMILES string of the molecule is c1ccc(-c2cccc(-c3ccc4sc5cccc(-c6ccc(-c7nc(-c8ccccc8)nc(-c8ccc9sc%10ccccc%10c9c8)n7)cc6)c5c4c3)c2)cc1. The van der Waals surface area contributed by atoms with Crippen molar-refractivity contribution in [2.75, 3.05) is 0 Å². The van der Waals surface area contributed by atoms with Gasteiger partial charge in [-0.25, -0.2) is 15.0 Å². The van der Waals surface area contributed by atoms with Crippen LogP contribution in [0.1, 0.15) is 0 Å². The molecule has 0 N–H and O–H groups in total. The first-order chi connectivity index (χ1) is 27.7. The summed E-state index contributed by atoms with van der Waals surface area (Å²) in [7, 11) is 0. The molecular weight excluding hydrogens is 719 g/mol. The van der Waals surface area contributed by atoms with Gasteiger partial charge in [0.05, 0.1) is 0 Å². The van der Waals surface area contributed by atoms with Crippen LogP contribution in [0.4, 0.5) is 0 Å². The molecule has 0 saturated carbocycles. The van der Waals surface area contributed by atoms with Crippen molar-refractivity contribution in [1.29, 1.82) is 0 Å². The maximum absolute atomic E-state index is 5.10. The van der Waals surface area contributed by atoms with Gasteiger partial charge in [-0.3, -0.25) is 0 Å². The predicted molar refractivity (Wildman–Crippen MR) is 238 cm³/mol. The first kappa shape index (κ1) is 32.6. The molecule has 3 nitrogen and oxygen atoms in total. The quantitative estimate of drug-likeness (QED) is 0.170. The lowest BCUT2D eigenvalue weighted by Crippen LogP contribution is -2.00. The monoisotopic (exact) mass is 749 g/mol. The molecule has 0 unspecified atom stereocenters. The number of rotatable bonds is 6. The fourth-order valence-corrected chi connectivity index (χ4v) is 9.97. The van der Waals surface area contributed by atoms with Gasteiger partial charge in [0.15, 0.2) is 17.5 Å². The van der Waals surface area contributed by atoms with Gasteiger partial charge < -0.3 is 0 Å². The van der Waals surface area contributed by atoms with Crippen LogP contribution in [0.2, 0.25) is 0 Å². The minimum atomic E-state index is 0.650. The van der Waals surface area contributed by atoms with Crippen LogP contribution in [0.5, 0.6) is 0 Å². The van der Waals surface area contributed by atoms with Gasteiger partial charge in [-0.2, -0.15) is 0 Å². The van der Waals surface area contributed by atoms with Crippen molar-refractivity contribution in [2.24, 2.45) is 0 Å². The van der Waals surface area contributed by atoms with Crippen LogP contribution < -0.4 is 0 Å². The molecule has 0 radical (unpaired) electrons. The van der Waals surface area contributed by atoms with Crippen molar-refractivity contribution in [3.8, 4) is 67.5 Å². The van der Waals surface area contributed by atoms with E-state index in [0.717, 1.165) is 22.3 Å². The van der Waals surface area contributed by atoms with E-state index in [4.69, 9.17) is 15.0 Å². The second kappa shape index (κ2) is 13.5. The maximum Gasteiger partial charge on any atom is 0.164 e. The molecule has 0 amide bonds. The third-order valence-corrected chi connectivity index (χ3v) is 12.8. The van der Waals surface area contributed by atoms with Crippen LogP contribution in [0, 0.1) is 0 Å². The summed E-state index contributed by atoms with van der Waals surface area (Å²) in [6.45, 7) is 0. The largest absolute Gasteiger partial charge is 0.208 e. The number of benzene rings is 8. The summed E-state index contributed by atoms with van der Waals surface area (Å²) < 4.78 is 5.10. The highest BCUT2D eigenvalue weighted by molar-refractivity contribution is 7.26. The van der Waals surface area contributed by atoms with Gasteiger partial charge >= 0.3 is 0 Å². The summed E-state index contributed by atoms with van der Waals surface area (Å²) in [4.78, 5) is 15.2. The van der Waals surface area contributed by atoms with E-state index in [1.54, 1.807) is 0 Å². The number of thiophene rings is 2. The van der Waals surface area contributed by atoms with Crippen LogP contribution in [0.25, 0.3) is 108 Å². The van der Waals surface area contributed by atoms with Crippen LogP contribution in [-0.2, 0) is 0 Å². The number of aromatic nitrogens is 3. The molecule has 0 spiro atoms. The Morgan fingerprint density at radius 2 is 0.732 bits per heavy atom. The van der Waals surface area contributed by atoms with Gasteiger partial charge in [0.2, 0.25) is 0 Å². The summed E-state index contributed by atoms with van der Waals surface area (Å²) in [6.07, 6.45) is 0. The summed E-state index contributed by atoms with van der Waals surface area (Å²) in [5.41, 5.74) is 10.1. The van der Waals surface area contributed by atoms with Gasteiger partial charge in [0.1, 0.15) is 0 Å². The molecule has 0 aliphatic heterocycles. The lowest BCUT2D eigenvalue weighted by Gasteiger charge is -2.10. The van der Waals surface area contributed by atoms with E-state index in [-0.39, 0.29) is 0 Å². The molecular formula is C51H31N3S2. The van der Waals surface area contributed by atoms with Gasteiger partial charge in [-0.1, -0.05) is 140 Å². The van der Waals surface area contributed by atoms with E-state index in [9.17, 15) is 0 Å². The Hall–Kier alpha value is -6.79. The summed E-state index contributed by atoms with van der Waals surface area (Å²) in [6, 6.07) is 67.0. The smallest absolute Gasteiger partial charge is 0.164 e. The first-order valence-electron chi connectivity index (χ1n) is 18.7. The average molecular weight is 750 g/mol. The Labute approximate surface area is 331 Å². The summed E-state index contributed by atoms with van der Waals surface area (Å²) in [5, 5.41) is 5.03. The van der Waals surface area contributed by atoms with Crippen molar-refractivity contribution in [2.45, 2.75) is 0 Å². The number of nitrogens with zero attached hydrogens (tertiary/aromatic N) is 3. The molecule has 0 fully saturated rings. The third-order valence-electron chi connectivity index (χ3n) is 10.6. The topological polar surface area (TPSA) is 38.7 Å². The van der Waals surface area contributed by atoms with Crippen LogP contribution >= 0.6 is 22.7 Å². The molecule has 11 aromatic rings. The minimum absolute atomic E-state index is 0.650. The Balaban J connectivity index is 0.994. The number of hydrogen-bond donors (Lipinski definition) is 0. The lowest BCUT2D eigenvalue weighted by atomic mass is 9.95.